The van der Waals surface area contributed by atoms with Crippen molar-refractivity contribution in [3.63, 3.8) is 0 Å². The Balaban J connectivity index is 1.96. The van der Waals surface area contributed by atoms with Crippen LogP contribution in [0.25, 0.3) is 0 Å². The van der Waals surface area contributed by atoms with Crippen molar-refractivity contribution in [2.24, 2.45) is 0 Å². The Bertz CT molecular complexity index is 939. The van der Waals surface area contributed by atoms with Crippen LogP contribution in [0.1, 0.15) is 53.2 Å². The molecule has 0 saturated heterocycles. The fraction of sp³-hybridized carbons (Fsp3) is 0.333. The van der Waals surface area contributed by atoms with E-state index >= 15 is 0 Å². The first-order valence-electron chi connectivity index (χ1n) is 9.13. The van der Waals surface area contributed by atoms with Gasteiger partial charge in [0.25, 0.3) is 5.91 Å². The fourth-order valence-electron chi connectivity index (χ4n) is 3.46. The lowest BCUT2D eigenvalue weighted by molar-refractivity contribution is -0.135. The van der Waals surface area contributed by atoms with Gasteiger partial charge >= 0.3 is 5.97 Å². The van der Waals surface area contributed by atoms with Gasteiger partial charge < -0.3 is 20.3 Å². The molecule has 3 rings (SSSR count). The molecule has 1 aliphatic rings. The number of aromatic hydroxyl groups is 1. The molecule has 0 fully saturated rings. The number of fused-ring (bicyclic) bond motifs is 1. The molecule has 1 aliphatic carbocycles. The number of aliphatic carboxylic acids is 1. The summed E-state index contributed by atoms with van der Waals surface area (Å²) in [4.78, 5) is 23.1. The maximum atomic E-state index is 12.4. The number of carbonyl (C=O) groups excluding carboxylic acids is 1. The summed E-state index contributed by atoms with van der Waals surface area (Å²) in [5, 5.41) is 21.4. The van der Waals surface area contributed by atoms with Gasteiger partial charge in [-0.15, -0.1) is 0 Å². The molecule has 0 atom stereocenters. The van der Waals surface area contributed by atoms with Gasteiger partial charge in [-0.1, -0.05) is 25.4 Å². The number of phenols is 1. The Morgan fingerprint density at radius 2 is 1.93 bits per heavy atom. The minimum atomic E-state index is -1.11. The number of hydrogen-bond donors (Lipinski definition) is 3. The van der Waals surface area contributed by atoms with Gasteiger partial charge in [-0.05, 0) is 55.0 Å². The molecule has 1 amide bonds. The third-order valence-corrected chi connectivity index (χ3v) is 5.07. The van der Waals surface area contributed by atoms with Crippen molar-refractivity contribution in [2.75, 3.05) is 6.54 Å². The highest BCUT2D eigenvalue weighted by molar-refractivity contribution is 6.32. The van der Waals surface area contributed by atoms with Crippen molar-refractivity contribution >= 4 is 23.5 Å². The van der Waals surface area contributed by atoms with Crippen molar-refractivity contribution in [3.8, 4) is 17.2 Å². The average Bonchev–Trinajstić information content (AvgIpc) is 3.12. The first kappa shape index (κ1) is 20.0. The number of carboxylic acid groups (broad SMARTS) is 1. The van der Waals surface area contributed by atoms with Crippen LogP contribution < -0.4 is 10.1 Å². The lowest BCUT2D eigenvalue weighted by Gasteiger charge is -2.17. The zero-order valence-corrected chi connectivity index (χ0v) is 16.5. The zero-order valence-electron chi connectivity index (χ0n) is 15.7. The minimum absolute atomic E-state index is 0.130. The molecule has 0 saturated carbocycles. The second-order valence-electron chi connectivity index (χ2n) is 7.10. The van der Waals surface area contributed by atoms with E-state index in [-0.39, 0.29) is 11.7 Å². The fourth-order valence-corrected chi connectivity index (χ4v) is 3.72. The summed E-state index contributed by atoms with van der Waals surface area (Å²) in [6, 6.07) is 6.58. The number of halogens is 1. The highest BCUT2D eigenvalue weighted by Gasteiger charge is 2.26. The molecule has 0 spiro atoms. The SMILES string of the molecule is CC(C)c1cc(Oc2c(Cl)cc(C(=O)NCC(=O)O)c3c2CCC3)ccc1O. The van der Waals surface area contributed by atoms with Crippen molar-refractivity contribution in [1.29, 1.82) is 0 Å². The largest absolute Gasteiger partial charge is 0.508 e. The predicted octanol–water partition coefficient (Wildman–Crippen LogP) is 4.26. The Morgan fingerprint density at radius 1 is 1.21 bits per heavy atom. The predicted molar refractivity (Wildman–Crippen MR) is 106 cm³/mol. The summed E-state index contributed by atoms with van der Waals surface area (Å²) >= 11 is 6.43. The van der Waals surface area contributed by atoms with E-state index < -0.39 is 18.4 Å². The molecule has 28 heavy (non-hydrogen) atoms. The van der Waals surface area contributed by atoms with Crippen LogP contribution in [0.2, 0.25) is 5.02 Å². The molecule has 2 aromatic carbocycles. The van der Waals surface area contributed by atoms with Gasteiger partial charge in [0, 0.05) is 16.7 Å². The Morgan fingerprint density at radius 3 is 2.61 bits per heavy atom. The first-order chi connectivity index (χ1) is 13.3. The maximum absolute atomic E-state index is 12.4. The highest BCUT2D eigenvalue weighted by Crippen LogP contribution is 2.42. The van der Waals surface area contributed by atoms with Crippen LogP contribution in [-0.2, 0) is 17.6 Å². The van der Waals surface area contributed by atoms with Gasteiger partial charge in [0.1, 0.15) is 23.8 Å². The highest BCUT2D eigenvalue weighted by atomic mass is 35.5. The Labute approximate surface area is 168 Å². The number of carboxylic acids is 1. The van der Waals surface area contributed by atoms with E-state index in [0.29, 0.717) is 28.5 Å². The average molecular weight is 404 g/mol. The van der Waals surface area contributed by atoms with Crippen LogP contribution in [0.3, 0.4) is 0 Å². The van der Waals surface area contributed by atoms with Crippen molar-refractivity contribution in [2.45, 2.75) is 39.0 Å². The van der Waals surface area contributed by atoms with Gasteiger partial charge in [-0.2, -0.15) is 0 Å². The minimum Gasteiger partial charge on any atom is -0.508 e. The Kier molecular flexibility index (Phi) is 5.79. The number of amides is 1. The molecule has 6 nitrogen and oxygen atoms in total. The first-order valence-corrected chi connectivity index (χ1v) is 9.50. The van der Waals surface area contributed by atoms with Crippen LogP contribution in [0.4, 0.5) is 0 Å². The molecule has 3 N–H and O–H groups in total. The lowest BCUT2D eigenvalue weighted by Crippen LogP contribution is -2.30. The number of nitrogens with one attached hydrogen (secondary N) is 1. The summed E-state index contributed by atoms with van der Waals surface area (Å²) in [6.45, 7) is 3.51. The maximum Gasteiger partial charge on any atom is 0.322 e. The molecule has 7 heteroatoms. The molecule has 2 aromatic rings. The van der Waals surface area contributed by atoms with E-state index in [2.05, 4.69) is 5.32 Å². The molecular weight excluding hydrogens is 382 g/mol. The van der Waals surface area contributed by atoms with Crippen LogP contribution in [-0.4, -0.2) is 28.6 Å². The molecule has 0 aromatic heterocycles. The summed E-state index contributed by atoms with van der Waals surface area (Å²) in [7, 11) is 0. The van der Waals surface area contributed by atoms with Gasteiger partial charge in [0.2, 0.25) is 0 Å². The number of rotatable bonds is 6. The number of ether oxygens (including phenoxy) is 1. The summed E-state index contributed by atoms with van der Waals surface area (Å²) in [6.07, 6.45) is 2.28. The normalized spacial score (nSPS) is 12.7. The quantitative estimate of drug-likeness (QED) is 0.669. The topological polar surface area (TPSA) is 95.9 Å². The van der Waals surface area contributed by atoms with Crippen molar-refractivity contribution < 1.29 is 24.5 Å². The molecule has 0 radical (unpaired) electrons. The number of hydrogen-bond acceptors (Lipinski definition) is 4. The molecular formula is C21H22ClNO5. The van der Waals surface area contributed by atoms with Gasteiger partial charge in [0.15, 0.2) is 0 Å². The van der Waals surface area contributed by atoms with E-state index in [1.165, 1.54) is 6.07 Å². The van der Waals surface area contributed by atoms with Crippen molar-refractivity contribution in [1.82, 2.24) is 5.32 Å². The third kappa shape index (κ3) is 4.07. The van der Waals surface area contributed by atoms with Crippen LogP contribution >= 0.6 is 11.6 Å². The Hall–Kier alpha value is -2.73. The van der Waals surface area contributed by atoms with Crippen molar-refractivity contribution in [3.05, 3.63) is 51.5 Å². The number of phenolic OH excluding ortho intramolecular Hbond substituents is 1. The monoisotopic (exact) mass is 403 g/mol. The molecule has 0 bridgehead atoms. The number of carbonyl (C=O) groups is 2. The molecule has 148 valence electrons. The zero-order chi connectivity index (χ0) is 20.4. The van der Waals surface area contributed by atoms with Gasteiger partial charge in [-0.25, -0.2) is 0 Å². The van der Waals surface area contributed by atoms with E-state index in [0.717, 1.165) is 29.5 Å². The lowest BCUT2D eigenvalue weighted by atomic mass is 10.0. The number of benzene rings is 2. The van der Waals surface area contributed by atoms with Gasteiger partial charge in [-0.3, -0.25) is 9.59 Å². The second-order valence-corrected chi connectivity index (χ2v) is 7.51. The second kappa shape index (κ2) is 8.10. The summed E-state index contributed by atoms with van der Waals surface area (Å²) in [5.41, 5.74) is 2.87. The molecule has 0 aliphatic heterocycles. The molecule has 0 unspecified atom stereocenters. The standard InChI is InChI=1S/C21H22ClNO5/c1-11(2)15-8-12(6-7-18(15)24)28-20-14-5-3-4-13(14)16(9-17(20)22)21(27)23-10-19(25)26/h6-9,11,24H,3-5,10H2,1-2H3,(H,23,27)(H,25,26). The summed E-state index contributed by atoms with van der Waals surface area (Å²) < 4.78 is 6.06. The summed E-state index contributed by atoms with van der Waals surface area (Å²) in [5.74, 6) is -0.163. The van der Waals surface area contributed by atoms with Crippen LogP contribution in [0.5, 0.6) is 17.2 Å². The third-order valence-electron chi connectivity index (χ3n) is 4.79. The van der Waals surface area contributed by atoms with E-state index in [1.807, 2.05) is 13.8 Å². The smallest absolute Gasteiger partial charge is 0.322 e. The van der Waals surface area contributed by atoms with E-state index in [4.69, 9.17) is 21.4 Å². The van der Waals surface area contributed by atoms with E-state index in [9.17, 15) is 14.7 Å². The van der Waals surface area contributed by atoms with E-state index in [1.54, 1.807) is 18.2 Å². The van der Waals surface area contributed by atoms with Gasteiger partial charge in [0.05, 0.1) is 5.02 Å². The van der Waals surface area contributed by atoms with Crippen LogP contribution in [0.15, 0.2) is 24.3 Å². The molecule has 0 heterocycles. The van der Waals surface area contributed by atoms with Crippen LogP contribution in [0, 0.1) is 0 Å².